The molecule has 3 rings (SSSR count). The Kier molecular flexibility index (Phi) is 4.59. The first-order valence-corrected chi connectivity index (χ1v) is 7.78. The molecule has 0 saturated heterocycles. The van der Waals surface area contributed by atoms with Crippen molar-refractivity contribution in [1.82, 2.24) is 10.2 Å². The monoisotopic (exact) mass is 380 g/mol. The third-order valence-electron chi connectivity index (χ3n) is 2.52. The van der Waals surface area contributed by atoms with Crippen molar-refractivity contribution < 1.29 is 18.4 Å². The number of rotatable bonds is 6. The maximum atomic E-state index is 10.7. The van der Waals surface area contributed by atoms with Gasteiger partial charge in [0.2, 0.25) is 0 Å². The number of para-hydroxylation sites is 1. The average molecular weight is 381 g/mol. The number of halogens is 1. The van der Waals surface area contributed by atoms with Crippen molar-refractivity contribution >= 4 is 34.0 Å². The maximum Gasteiger partial charge on any atom is 0.284 e. The highest BCUT2D eigenvalue weighted by Gasteiger charge is 2.15. The molecule has 8 heteroatoms. The number of aromatic nitrogens is 2. The topological polar surface area (TPSA) is 78.4 Å². The summed E-state index contributed by atoms with van der Waals surface area (Å²) in [5, 5.41) is 8.57. The van der Waals surface area contributed by atoms with E-state index in [1.807, 2.05) is 30.3 Å². The molecule has 0 radical (unpaired) electrons. The standard InChI is InChI=1S/C14H9BrN2O4S/c15-11-6-10(7-18)20-13(11)22-14-17-16-12(21-14)8-19-9-4-2-1-3-5-9/h1-7H,8H2. The van der Waals surface area contributed by atoms with Gasteiger partial charge in [0.25, 0.3) is 11.1 Å². The molecule has 0 aliphatic heterocycles. The zero-order chi connectivity index (χ0) is 15.4. The highest BCUT2D eigenvalue weighted by molar-refractivity contribution is 9.10. The van der Waals surface area contributed by atoms with E-state index in [1.54, 1.807) is 6.07 Å². The molecule has 0 aliphatic rings. The molecule has 1 aromatic carbocycles. The molecular formula is C14H9BrN2O4S. The number of carbonyl (C=O) groups excluding carboxylic acids is 1. The van der Waals surface area contributed by atoms with E-state index < -0.39 is 0 Å². The van der Waals surface area contributed by atoms with Crippen LogP contribution < -0.4 is 4.74 Å². The number of aldehydes is 1. The van der Waals surface area contributed by atoms with E-state index in [2.05, 4.69) is 26.1 Å². The third-order valence-corrected chi connectivity index (χ3v) is 4.20. The van der Waals surface area contributed by atoms with Crippen LogP contribution in [0.15, 0.2) is 60.0 Å². The molecule has 3 aromatic rings. The largest absolute Gasteiger partial charge is 0.484 e. The Bertz CT molecular complexity index is 772. The Hall–Kier alpha value is -2.06. The number of hydrogen-bond acceptors (Lipinski definition) is 7. The van der Waals surface area contributed by atoms with Crippen molar-refractivity contribution in [1.29, 1.82) is 0 Å². The van der Waals surface area contributed by atoms with Gasteiger partial charge in [0.15, 0.2) is 23.7 Å². The first kappa shape index (κ1) is 14.9. The van der Waals surface area contributed by atoms with Crippen LogP contribution in [0.1, 0.15) is 16.4 Å². The van der Waals surface area contributed by atoms with Crippen molar-refractivity contribution in [2.24, 2.45) is 0 Å². The van der Waals surface area contributed by atoms with E-state index in [4.69, 9.17) is 13.6 Å². The molecule has 2 heterocycles. The Morgan fingerprint density at radius 3 is 2.77 bits per heavy atom. The third kappa shape index (κ3) is 3.58. The predicted molar refractivity (Wildman–Crippen MR) is 81.0 cm³/mol. The van der Waals surface area contributed by atoms with Crippen molar-refractivity contribution in [3.8, 4) is 5.75 Å². The Morgan fingerprint density at radius 1 is 1.23 bits per heavy atom. The molecule has 0 unspecified atom stereocenters. The molecular weight excluding hydrogens is 372 g/mol. The van der Waals surface area contributed by atoms with Crippen LogP contribution in [-0.4, -0.2) is 16.5 Å². The number of benzene rings is 1. The van der Waals surface area contributed by atoms with Crippen molar-refractivity contribution in [2.45, 2.75) is 16.9 Å². The van der Waals surface area contributed by atoms with Crippen molar-refractivity contribution in [3.63, 3.8) is 0 Å². The SMILES string of the molecule is O=Cc1cc(Br)c(Sc2nnc(COc3ccccc3)o2)o1. The molecule has 0 bridgehead atoms. The van der Waals surface area contributed by atoms with Crippen LogP contribution in [0.25, 0.3) is 0 Å². The van der Waals surface area contributed by atoms with Crippen LogP contribution in [0.4, 0.5) is 0 Å². The molecule has 0 atom stereocenters. The van der Waals surface area contributed by atoms with Crippen LogP contribution in [-0.2, 0) is 6.61 Å². The molecule has 0 N–H and O–H groups in total. The van der Waals surface area contributed by atoms with E-state index in [0.29, 0.717) is 27.0 Å². The Balaban J connectivity index is 1.63. The molecule has 22 heavy (non-hydrogen) atoms. The first-order valence-electron chi connectivity index (χ1n) is 6.17. The molecule has 0 spiro atoms. The van der Waals surface area contributed by atoms with Gasteiger partial charge in [0.05, 0.1) is 4.47 Å². The van der Waals surface area contributed by atoms with Gasteiger partial charge in [-0.05, 0) is 28.1 Å². The lowest BCUT2D eigenvalue weighted by Crippen LogP contribution is -1.95. The minimum absolute atomic E-state index is 0.177. The zero-order valence-corrected chi connectivity index (χ0v) is 13.5. The van der Waals surface area contributed by atoms with Crippen molar-refractivity contribution in [3.05, 3.63) is 52.5 Å². The van der Waals surface area contributed by atoms with Gasteiger partial charge in [-0.25, -0.2) is 0 Å². The van der Waals surface area contributed by atoms with Crippen LogP contribution in [0.3, 0.4) is 0 Å². The van der Waals surface area contributed by atoms with Gasteiger partial charge in [-0.3, -0.25) is 4.79 Å². The smallest absolute Gasteiger partial charge is 0.284 e. The summed E-state index contributed by atoms with van der Waals surface area (Å²) in [4.78, 5) is 10.7. The number of ether oxygens (including phenoxy) is 1. The average Bonchev–Trinajstić information content (AvgIpc) is 3.14. The lowest BCUT2D eigenvalue weighted by molar-refractivity contribution is 0.109. The van der Waals surface area contributed by atoms with Gasteiger partial charge < -0.3 is 13.6 Å². The molecule has 0 aliphatic carbocycles. The van der Waals surface area contributed by atoms with E-state index in [1.165, 1.54) is 0 Å². The predicted octanol–water partition coefficient (Wildman–Crippen LogP) is 3.97. The van der Waals surface area contributed by atoms with E-state index in [0.717, 1.165) is 17.5 Å². The maximum absolute atomic E-state index is 10.7. The summed E-state index contributed by atoms with van der Waals surface area (Å²) < 4.78 is 16.9. The second kappa shape index (κ2) is 6.80. The van der Waals surface area contributed by atoms with Crippen LogP contribution in [0.2, 0.25) is 0 Å². The van der Waals surface area contributed by atoms with Gasteiger partial charge in [-0.1, -0.05) is 18.2 Å². The second-order valence-electron chi connectivity index (χ2n) is 4.07. The van der Waals surface area contributed by atoms with Crippen LogP contribution in [0, 0.1) is 0 Å². The quantitative estimate of drug-likeness (QED) is 0.598. The summed E-state index contributed by atoms with van der Waals surface area (Å²) in [6.45, 7) is 0.177. The van der Waals surface area contributed by atoms with Crippen LogP contribution >= 0.6 is 27.7 Å². The fraction of sp³-hybridized carbons (Fsp3) is 0.0714. The molecule has 6 nitrogen and oxygen atoms in total. The normalized spacial score (nSPS) is 10.6. The summed E-state index contributed by atoms with van der Waals surface area (Å²) in [5.41, 5.74) is 0. The number of furan rings is 1. The molecule has 0 saturated carbocycles. The fourth-order valence-electron chi connectivity index (χ4n) is 1.58. The van der Waals surface area contributed by atoms with E-state index in [-0.39, 0.29) is 12.4 Å². The summed E-state index contributed by atoms with van der Waals surface area (Å²) in [6.07, 6.45) is 0.627. The molecule has 2 aromatic heterocycles. The fourth-order valence-corrected chi connectivity index (χ4v) is 2.80. The summed E-state index contributed by atoms with van der Waals surface area (Å²) in [6, 6.07) is 10.9. The van der Waals surface area contributed by atoms with Gasteiger partial charge in [-0.15, -0.1) is 10.2 Å². The zero-order valence-electron chi connectivity index (χ0n) is 11.1. The highest BCUT2D eigenvalue weighted by atomic mass is 79.9. The molecule has 112 valence electrons. The van der Waals surface area contributed by atoms with Gasteiger partial charge in [-0.2, -0.15) is 0 Å². The van der Waals surface area contributed by atoms with Gasteiger partial charge >= 0.3 is 0 Å². The first-order chi connectivity index (χ1) is 10.7. The minimum Gasteiger partial charge on any atom is -0.484 e. The van der Waals surface area contributed by atoms with Gasteiger partial charge in [0.1, 0.15) is 5.75 Å². The highest BCUT2D eigenvalue weighted by Crippen LogP contribution is 2.34. The number of nitrogens with zero attached hydrogens (tertiary/aromatic N) is 2. The molecule has 0 fully saturated rings. The van der Waals surface area contributed by atoms with Crippen LogP contribution in [0.5, 0.6) is 5.75 Å². The lowest BCUT2D eigenvalue weighted by atomic mass is 10.3. The Labute approximate surface area is 138 Å². The molecule has 0 amide bonds. The van der Waals surface area contributed by atoms with E-state index in [9.17, 15) is 4.79 Å². The number of carbonyl (C=O) groups is 1. The van der Waals surface area contributed by atoms with E-state index >= 15 is 0 Å². The Morgan fingerprint density at radius 2 is 2.05 bits per heavy atom. The number of hydrogen-bond donors (Lipinski definition) is 0. The summed E-state index contributed by atoms with van der Waals surface area (Å²) in [5.74, 6) is 1.30. The second-order valence-corrected chi connectivity index (χ2v) is 5.85. The van der Waals surface area contributed by atoms with Crippen molar-refractivity contribution in [2.75, 3.05) is 0 Å². The summed E-state index contributed by atoms with van der Waals surface area (Å²) >= 11 is 4.42. The van der Waals surface area contributed by atoms with Gasteiger partial charge in [0, 0.05) is 17.8 Å². The minimum atomic E-state index is 0.177. The lowest BCUT2D eigenvalue weighted by Gasteiger charge is -2.01. The summed E-state index contributed by atoms with van der Waals surface area (Å²) in [7, 11) is 0.